The molecule has 1 fully saturated rings. The number of aliphatic hydroxyl groups excluding tert-OH is 1. The predicted octanol–water partition coefficient (Wildman–Crippen LogP) is 2.34. The van der Waals surface area contributed by atoms with Gasteiger partial charge in [0, 0.05) is 45.5 Å². The number of halogens is 1. The average Bonchev–Trinajstić information content (AvgIpc) is 2.69. The number of rotatable bonds is 9. The highest BCUT2D eigenvalue weighted by Gasteiger charge is 2.22. The molecule has 0 amide bonds. The highest BCUT2D eigenvalue weighted by molar-refractivity contribution is 5.80. The summed E-state index contributed by atoms with van der Waals surface area (Å²) in [5, 5.41) is 13.5. The summed E-state index contributed by atoms with van der Waals surface area (Å²) in [7, 11) is 1.70. The number of hydrogen-bond acceptors (Lipinski definition) is 4. The summed E-state index contributed by atoms with van der Waals surface area (Å²) < 4.78 is 24.7. The summed E-state index contributed by atoms with van der Waals surface area (Å²) in [6.45, 7) is 6.00. The van der Waals surface area contributed by atoms with Crippen molar-refractivity contribution in [2.24, 2.45) is 4.99 Å². The highest BCUT2D eigenvalue weighted by atomic mass is 19.1. The molecule has 2 N–H and O–H groups in total. The van der Waals surface area contributed by atoms with E-state index >= 15 is 0 Å². The van der Waals surface area contributed by atoms with Crippen LogP contribution in [0.4, 0.5) is 4.39 Å². The van der Waals surface area contributed by atoms with Crippen LogP contribution in [0.2, 0.25) is 0 Å². The smallest absolute Gasteiger partial charge is 0.194 e. The number of hydrogen-bond donors (Lipinski definition) is 2. The molecule has 1 aliphatic rings. The summed E-state index contributed by atoms with van der Waals surface area (Å²) in [6, 6.07) is 6.27. The minimum atomic E-state index is -0.957. The molecule has 0 aliphatic carbocycles. The van der Waals surface area contributed by atoms with Crippen LogP contribution in [0.1, 0.15) is 37.9 Å². The van der Waals surface area contributed by atoms with Crippen molar-refractivity contribution < 1.29 is 19.0 Å². The lowest BCUT2D eigenvalue weighted by Crippen LogP contribution is -2.47. The number of aliphatic imine (C=N–C) groups is 1. The van der Waals surface area contributed by atoms with Gasteiger partial charge >= 0.3 is 0 Å². The van der Waals surface area contributed by atoms with Crippen LogP contribution in [-0.2, 0) is 9.47 Å². The Bertz CT molecular complexity index is 577. The van der Waals surface area contributed by atoms with Crippen LogP contribution in [0.3, 0.4) is 0 Å². The number of benzene rings is 1. The lowest BCUT2D eigenvalue weighted by Gasteiger charge is -2.34. The van der Waals surface area contributed by atoms with Gasteiger partial charge in [0.2, 0.25) is 0 Å². The maximum atomic E-state index is 13.8. The third-order valence-electron chi connectivity index (χ3n) is 4.60. The Morgan fingerprint density at radius 2 is 2.07 bits per heavy atom. The van der Waals surface area contributed by atoms with Gasteiger partial charge in [-0.2, -0.15) is 0 Å². The first-order chi connectivity index (χ1) is 13.2. The third kappa shape index (κ3) is 7.08. The van der Waals surface area contributed by atoms with Crippen LogP contribution in [0.15, 0.2) is 29.3 Å². The van der Waals surface area contributed by atoms with Gasteiger partial charge in [0.05, 0.1) is 12.6 Å². The van der Waals surface area contributed by atoms with Gasteiger partial charge in [-0.05, 0) is 32.3 Å². The fourth-order valence-corrected chi connectivity index (χ4v) is 3.13. The summed E-state index contributed by atoms with van der Waals surface area (Å²) >= 11 is 0. The van der Waals surface area contributed by atoms with E-state index in [1.165, 1.54) is 6.07 Å². The molecule has 152 valence electrons. The van der Waals surface area contributed by atoms with E-state index in [2.05, 4.69) is 15.2 Å². The van der Waals surface area contributed by atoms with E-state index in [4.69, 9.17) is 9.47 Å². The summed E-state index contributed by atoms with van der Waals surface area (Å²) in [4.78, 5) is 6.70. The fraction of sp³-hybridized carbons (Fsp3) is 0.650. The Labute approximate surface area is 161 Å². The fourth-order valence-electron chi connectivity index (χ4n) is 3.13. The van der Waals surface area contributed by atoms with E-state index in [0.717, 1.165) is 58.1 Å². The first kappa shape index (κ1) is 21.6. The predicted molar refractivity (Wildman–Crippen MR) is 104 cm³/mol. The molecule has 0 aromatic heterocycles. The van der Waals surface area contributed by atoms with E-state index in [0.29, 0.717) is 0 Å². The Morgan fingerprint density at radius 3 is 2.74 bits per heavy atom. The minimum Gasteiger partial charge on any atom is -0.386 e. The molecule has 1 saturated heterocycles. The molecular weight excluding hydrogens is 349 g/mol. The zero-order valence-corrected chi connectivity index (χ0v) is 16.4. The molecule has 1 aliphatic heterocycles. The topological polar surface area (TPSA) is 66.3 Å². The molecule has 1 heterocycles. The van der Waals surface area contributed by atoms with Crippen LogP contribution in [0.5, 0.6) is 0 Å². The number of ether oxygens (including phenoxy) is 2. The van der Waals surface area contributed by atoms with Gasteiger partial charge in [-0.3, -0.25) is 4.99 Å². The van der Waals surface area contributed by atoms with Gasteiger partial charge in [0.25, 0.3) is 0 Å². The number of piperidine rings is 1. The third-order valence-corrected chi connectivity index (χ3v) is 4.60. The van der Waals surface area contributed by atoms with Gasteiger partial charge < -0.3 is 24.8 Å². The van der Waals surface area contributed by atoms with Crippen LogP contribution in [0.25, 0.3) is 0 Å². The van der Waals surface area contributed by atoms with Crippen molar-refractivity contribution >= 4 is 5.96 Å². The van der Waals surface area contributed by atoms with Gasteiger partial charge in [-0.1, -0.05) is 18.2 Å². The van der Waals surface area contributed by atoms with Crippen molar-refractivity contribution in [3.63, 3.8) is 0 Å². The molecular formula is C20H32FN3O3. The maximum absolute atomic E-state index is 13.8. The van der Waals surface area contributed by atoms with E-state index in [1.54, 1.807) is 25.3 Å². The second kappa shape index (κ2) is 11.9. The molecule has 0 bridgehead atoms. The number of aliphatic hydroxyl groups is 1. The molecule has 27 heavy (non-hydrogen) atoms. The Kier molecular flexibility index (Phi) is 9.52. The standard InChI is InChI=1S/C20H32FN3O3/c1-3-22-20(23-15-19(25)17-7-4-5-8-18(17)21)24-11-9-16(10-12-24)27-14-6-13-26-2/h4-5,7-8,16,19,25H,3,6,9-15H2,1-2H3,(H,22,23). The van der Waals surface area contributed by atoms with Crippen molar-refractivity contribution in [3.8, 4) is 0 Å². The van der Waals surface area contributed by atoms with Crippen molar-refractivity contribution in [3.05, 3.63) is 35.6 Å². The van der Waals surface area contributed by atoms with Crippen LogP contribution in [-0.4, -0.2) is 68.6 Å². The number of guanidine groups is 1. The molecule has 7 heteroatoms. The molecule has 2 rings (SSSR count). The van der Waals surface area contributed by atoms with Crippen molar-refractivity contribution in [1.29, 1.82) is 0 Å². The lowest BCUT2D eigenvalue weighted by molar-refractivity contribution is 0.00986. The number of nitrogens with zero attached hydrogens (tertiary/aromatic N) is 2. The van der Waals surface area contributed by atoms with E-state index in [-0.39, 0.29) is 18.2 Å². The zero-order valence-electron chi connectivity index (χ0n) is 16.4. The van der Waals surface area contributed by atoms with Gasteiger partial charge in [0.15, 0.2) is 5.96 Å². The second-order valence-corrected chi connectivity index (χ2v) is 6.64. The number of methoxy groups -OCH3 is 1. The molecule has 0 spiro atoms. The lowest BCUT2D eigenvalue weighted by atomic mass is 10.1. The maximum Gasteiger partial charge on any atom is 0.194 e. The molecule has 1 aromatic rings. The van der Waals surface area contributed by atoms with Crippen LogP contribution >= 0.6 is 0 Å². The van der Waals surface area contributed by atoms with Gasteiger partial charge in [0.1, 0.15) is 11.9 Å². The van der Waals surface area contributed by atoms with Gasteiger partial charge in [-0.15, -0.1) is 0 Å². The first-order valence-corrected chi connectivity index (χ1v) is 9.72. The summed E-state index contributed by atoms with van der Waals surface area (Å²) in [6.07, 6.45) is 2.10. The number of nitrogens with one attached hydrogen (secondary N) is 1. The highest BCUT2D eigenvalue weighted by Crippen LogP contribution is 2.18. The van der Waals surface area contributed by atoms with Crippen LogP contribution in [0, 0.1) is 5.82 Å². The largest absolute Gasteiger partial charge is 0.386 e. The van der Waals surface area contributed by atoms with Crippen molar-refractivity contribution in [1.82, 2.24) is 10.2 Å². The molecule has 1 atom stereocenters. The minimum absolute atomic E-state index is 0.122. The Morgan fingerprint density at radius 1 is 1.33 bits per heavy atom. The van der Waals surface area contributed by atoms with E-state index < -0.39 is 11.9 Å². The van der Waals surface area contributed by atoms with E-state index in [1.807, 2.05) is 6.92 Å². The van der Waals surface area contributed by atoms with E-state index in [9.17, 15) is 9.50 Å². The quantitative estimate of drug-likeness (QED) is 0.390. The Balaban J connectivity index is 1.86. The molecule has 1 unspecified atom stereocenters. The van der Waals surface area contributed by atoms with Crippen LogP contribution < -0.4 is 5.32 Å². The monoisotopic (exact) mass is 381 g/mol. The summed E-state index contributed by atoms with van der Waals surface area (Å²) in [5.74, 6) is 0.349. The molecule has 0 radical (unpaired) electrons. The molecule has 6 nitrogen and oxygen atoms in total. The van der Waals surface area contributed by atoms with Crippen molar-refractivity contribution in [2.75, 3.05) is 46.5 Å². The van der Waals surface area contributed by atoms with Gasteiger partial charge in [-0.25, -0.2) is 4.39 Å². The molecule has 1 aromatic carbocycles. The first-order valence-electron chi connectivity index (χ1n) is 9.72. The SMILES string of the molecule is CCNC(=NCC(O)c1ccccc1F)N1CCC(OCCCOC)CC1. The van der Waals surface area contributed by atoms with Crippen molar-refractivity contribution in [2.45, 2.75) is 38.4 Å². The average molecular weight is 381 g/mol. The Hall–Kier alpha value is -1.70. The summed E-state index contributed by atoms with van der Waals surface area (Å²) in [5.41, 5.74) is 0.278. The zero-order chi connectivity index (χ0) is 19.5. The second-order valence-electron chi connectivity index (χ2n) is 6.64. The molecule has 0 saturated carbocycles. The normalized spacial score (nSPS) is 17.2. The number of likely N-dealkylation sites (tertiary alicyclic amines) is 1.